The number of hydrogen-bond acceptors (Lipinski definition) is 2. The summed E-state index contributed by atoms with van der Waals surface area (Å²) in [6, 6.07) is 7.16. The lowest BCUT2D eigenvalue weighted by molar-refractivity contribution is 0.100. The molecule has 4 rings (SSSR count). The lowest BCUT2D eigenvalue weighted by atomic mass is 9.89. The topological polar surface area (TPSA) is 6.48 Å². The lowest BCUT2D eigenvalue weighted by Gasteiger charge is -2.39. The number of fused-ring (bicyclic) bond motifs is 3. The third-order valence-corrected chi connectivity index (χ3v) is 6.01. The summed E-state index contributed by atoms with van der Waals surface area (Å²) < 4.78 is 14.0. The first-order valence-electron chi connectivity index (χ1n) is 8.41. The van der Waals surface area contributed by atoms with Crippen LogP contribution < -0.4 is 0 Å². The zero-order chi connectivity index (χ0) is 14.4. The minimum atomic E-state index is -0.0133. The Morgan fingerprint density at radius 1 is 1.19 bits per heavy atom. The van der Waals surface area contributed by atoms with Gasteiger partial charge in [-0.05, 0) is 56.7 Å². The maximum absolute atomic E-state index is 14.0. The molecule has 21 heavy (non-hydrogen) atoms. The van der Waals surface area contributed by atoms with E-state index in [0.29, 0.717) is 0 Å². The first-order valence-corrected chi connectivity index (χ1v) is 8.41. The molecular weight excluding hydrogens is 263 g/mol. The predicted molar refractivity (Wildman–Crippen MR) is 82.7 cm³/mol. The summed E-state index contributed by atoms with van der Waals surface area (Å²) in [7, 11) is 2.30. The van der Waals surface area contributed by atoms with Crippen LogP contribution in [-0.2, 0) is 13.0 Å². The molecule has 0 radical (unpaired) electrons. The first-order chi connectivity index (χ1) is 10.2. The predicted octanol–water partition coefficient (Wildman–Crippen LogP) is 3.06. The van der Waals surface area contributed by atoms with Gasteiger partial charge in [0, 0.05) is 37.3 Å². The minimum Gasteiger partial charge on any atom is -0.300 e. The molecule has 1 unspecified atom stereocenters. The molecule has 3 aliphatic rings. The van der Waals surface area contributed by atoms with Crippen molar-refractivity contribution in [2.75, 3.05) is 20.1 Å². The van der Waals surface area contributed by atoms with Gasteiger partial charge in [0.05, 0.1) is 0 Å². The summed E-state index contributed by atoms with van der Waals surface area (Å²) in [6.45, 7) is 3.07. The van der Waals surface area contributed by atoms with Crippen molar-refractivity contribution in [2.45, 2.75) is 50.7 Å². The molecule has 2 saturated heterocycles. The molecule has 0 spiro atoms. The SMILES string of the molecule is CN1[C@@H]2CC[C@H]1CC(CN1CCc3cccc(F)c3C1)C2. The summed E-state index contributed by atoms with van der Waals surface area (Å²) in [5.74, 6) is 0.799. The molecule has 3 atom stereocenters. The molecule has 3 heteroatoms. The van der Waals surface area contributed by atoms with E-state index >= 15 is 0 Å². The smallest absolute Gasteiger partial charge is 0.127 e. The van der Waals surface area contributed by atoms with E-state index in [1.807, 2.05) is 6.07 Å². The van der Waals surface area contributed by atoms with Gasteiger partial charge in [-0.2, -0.15) is 0 Å². The Bertz CT molecular complexity index is 516. The maximum Gasteiger partial charge on any atom is 0.127 e. The largest absolute Gasteiger partial charge is 0.300 e. The monoisotopic (exact) mass is 288 g/mol. The van der Waals surface area contributed by atoms with Crippen molar-refractivity contribution in [2.24, 2.45) is 5.92 Å². The molecule has 1 aromatic carbocycles. The summed E-state index contributed by atoms with van der Waals surface area (Å²) in [5, 5.41) is 0. The van der Waals surface area contributed by atoms with Crippen LogP contribution in [0.5, 0.6) is 0 Å². The highest BCUT2D eigenvalue weighted by atomic mass is 19.1. The molecule has 0 saturated carbocycles. The Kier molecular flexibility index (Phi) is 3.50. The Labute approximate surface area is 126 Å². The van der Waals surface area contributed by atoms with Crippen LogP contribution in [0.3, 0.4) is 0 Å². The molecule has 0 N–H and O–H groups in total. The van der Waals surface area contributed by atoms with E-state index in [9.17, 15) is 4.39 Å². The van der Waals surface area contributed by atoms with E-state index in [1.54, 1.807) is 6.07 Å². The van der Waals surface area contributed by atoms with Gasteiger partial charge in [-0.25, -0.2) is 4.39 Å². The average molecular weight is 288 g/mol. The molecular formula is C18H25FN2. The van der Waals surface area contributed by atoms with Gasteiger partial charge in [-0.3, -0.25) is 4.90 Å². The number of piperidine rings is 1. The third-order valence-electron chi connectivity index (χ3n) is 6.01. The Morgan fingerprint density at radius 2 is 1.95 bits per heavy atom. The highest BCUT2D eigenvalue weighted by molar-refractivity contribution is 5.30. The van der Waals surface area contributed by atoms with Gasteiger partial charge in [0.1, 0.15) is 5.82 Å². The van der Waals surface area contributed by atoms with E-state index in [4.69, 9.17) is 0 Å². The van der Waals surface area contributed by atoms with Crippen molar-refractivity contribution in [1.29, 1.82) is 0 Å². The third kappa shape index (κ3) is 2.51. The quantitative estimate of drug-likeness (QED) is 0.825. The maximum atomic E-state index is 14.0. The number of benzene rings is 1. The minimum absolute atomic E-state index is 0.0133. The van der Waals surface area contributed by atoms with Crippen LogP contribution in [0, 0.1) is 11.7 Å². The summed E-state index contributed by atoms with van der Waals surface area (Å²) >= 11 is 0. The molecule has 114 valence electrons. The summed E-state index contributed by atoms with van der Waals surface area (Å²) in [4.78, 5) is 5.09. The Balaban J connectivity index is 1.42. The molecule has 3 aliphatic heterocycles. The van der Waals surface area contributed by atoms with Gasteiger partial charge >= 0.3 is 0 Å². The second-order valence-corrected chi connectivity index (χ2v) is 7.25. The molecule has 0 aliphatic carbocycles. The molecule has 0 amide bonds. The van der Waals surface area contributed by atoms with Gasteiger partial charge in [0.2, 0.25) is 0 Å². The van der Waals surface area contributed by atoms with Gasteiger partial charge in [0.15, 0.2) is 0 Å². The van der Waals surface area contributed by atoms with Crippen molar-refractivity contribution < 1.29 is 4.39 Å². The Morgan fingerprint density at radius 3 is 2.71 bits per heavy atom. The molecule has 2 fully saturated rings. The molecule has 1 aromatic rings. The van der Waals surface area contributed by atoms with E-state index in [2.05, 4.69) is 22.9 Å². The standard InChI is InChI=1S/C18H25FN2/c1-20-15-5-6-16(20)10-13(9-15)11-21-8-7-14-3-2-4-18(19)17(14)12-21/h2-4,13,15-16H,5-12H2,1H3/t13?,15-,16+. The normalized spacial score (nSPS) is 33.1. The fraction of sp³-hybridized carbons (Fsp3) is 0.667. The molecule has 2 bridgehead atoms. The van der Waals surface area contributed by atoms with E-state index in [-0.39, 0.29) is 5.82 Å². The summed E-state index contributed by atoms with van der Waals surface area (Å²) in [6.07, 6.45) is 6.46. The van der Waals surface area contributed by atoms with E-state index < -0.39 is 0 Å². The highest BCUT2D eigenvalue weighted by Gasteiger charge is 2.38. The van der Waals surface area contributed by atoms with Crippen LogP contribution >= 0.6 is 0 Å². The summed E-state index contributed by atoms with van der Waals surface area (Å²) in [5.41, 5.74) is 2.16. The van der Waals surface area contributed by atoms with Crippen LogP contribution in [0.25, 0.3) is 0 Å². The first kappa shape index (κ1) is 13.7. The van der Waals surface area contributed by atoms with Crippen molar-refractivity contribution in [3.63, 3.8) is 0 Å². The number of nitrogens with zero attached hydrogens (tertiary/aromatic N) is 2. The number of halogens is 1. The van der Waals surface area contributed by atoms with E-state index in [0.717, 1.165) is 49.6 Å². The second-order valence-electron chi connectivity index (χ2n) is 7.25. The molecule has 0 aromatic heterocycles. The van der Waals surface area contributed by atoms with Crippen LogP contribution in [0.2, 0.25) is 0 Å². The van der Waals surface area contributed by atoms with Crippen molar-refractivity contribution in [1.82, 2.24) is 9.80 Å². The Hall–Kier alpha value is -0.930. The zero-order valence-corrected chi connectivity index (χ0v) is 12.9. The average Bonchev–Trinajstić information content (AvgIpc) is 2.71. The van der Waals surface area contributed by atoms with Crippen LogP contribution in [0.15, 0.2) is 18.2 Å². The van der Waals surface area contributed by atoms with Gasteiger partial charge in [-0.1, -0.05) is 12.1 Å². The van der Waals surface area contributed by atoms with Gasteiger partial charge < -0.3 is 4.90 Å². The lowest BCUT2D eigenvalue weighted by Crippen LogP contribution is -2.44. The highest BCUT2D eigenvalue weighted by Crippen LogP contribution is 2.38. The zero-order valence-electron chi connectivity index (χ0n) is 12.9. The second kappa shape index (κ2) is 5.36. The molecule has 2 nitrogen and oxygen atoms in total. The van der Waals surface area contributed by atoms with Crippen molar-refractivity contribution in [3.05, 3.63) is 35.1 Å². The van der Waals surface area contributed by atoms with Crippen LogP contribution in [0.1, 0.15) is 36.8 Å². The van der Waals surface area contributed by atoms with Crippen LogP contribution in [0.4, 0.5) is 4.39 Å². The van der Waals surface area contributed by atoms with Gasteiger partial charge in [-0.15, -0.1) is 0 Å². The van der Waals surface area contributed by atoms with Crippen molar-refractivity contribution >= 4 is 0 Å². The van der Waals surface area contributed by atoms with Gasteiger partial charge in [0.25, 0.3) is 0 Å². The van der Waals surface area contributed by atoms with Crippen LogP contribution in [-0.4, -0.2) is 42.0 Å². The van der Waals surface area contributed by atoms with Crippen molar-refractivity contribution in [3.8, 4) is 0 Å². The fourth-order valence-corrected chi connectivity index (χ4v) is 4.79. The fourth-order valence-electron chi connectivity index (χ4n) is 4.79. The van der Waals surface area contributed by atoms with E-state index in [1.165, 1.54) is 31.2 Å². The number of hydrogen-bond donors (Lipinski definition) is 0. The number of rotatable bonds is 2. The molecule has 3 heterocycles.